The van der Waals surface area contributed by atoms with Crippen LogP contribution in [0.25, 0.3) is 0 Å². The van der Waals surface area contributed by atoms with E-state index >= 15 is 0 Å². The number of aromatic nitrogens is 4. The second kappa shape index (κ2) is 4.85. The van der Waals surface area contributed by atoms with Crippen molar-refractivity contribution < 1.29 is 4.74 Å². The van der Waals surface area contributed by atoms with Crippen LogP contribution in [-0.2, 0) is 0 Å². The number of hydrogen-bond acceptors (Lipinski definition) is 5. The van der Waals surface area contributed by atoms with Crippen LogP contribution in [0.3, 0.4) is 0 Å². The van der Waals surface area contributed by atoms with Crippen LogP contribution in [0.2, 0.25) is 5.15 Å². The molecule has 6 heteroatoms. The summed E-state index contributed by atoms with van der Waals surface area (Å²) in [6, 6.07) is 3.63. The fourth-order valence-corrected chi connectivity index (χ4v) is 1.29. The van der Waals surface area contributed by atoms with Crippen molar-refractivity contribution in [2.24, 2.45) is 0 Å². The van der Waals surface area contributed by atoms with Gasteiger partial charge >= 0.3 is 0 Å². The van der Waals surface area contributed by atoms with E-state index in [2.05, 4.69) is 20.2 Å². The van der Waals surface area contributed by atoms with Gasteiger partial charge in [-0.2, -0.15) is 15.2 Å². The van der Waals surface area contributed by atoms with Gasteiger partial charge in [-0.3, -0.25) is 4.98 Å². The topological polar surface area (TPSA) is 60.8 Å². The molecule has 0 spiro atoms. The zero-order valence-corrected chi connectivity index (χ0v) is 9.30. The minimum atomic E-state index is -0.249. The Morgan fingerprint density at radius 1 is 1.38 bits per heavy atom. The molecule has 82 valence electrons. The van der Waals surface area contributed by atoms with Crippen molar-refractivity contribution in [3.63, 3.8) is 0 Å². The highest BCUT2D eigenvalue weighted by Gasteiger charge is 2.09. The van der Waals surface area contributed by atoms with Crippen molar-refractivity contribution in [1.82, 2.24) is 20.2 Å². The summed E-state index contributed by atoms with van der Waals surface area (Å²) in [4.78, 5) is 7.85. The Bertz CT molecular complexity index is 465. The van der Waals surface area contributed by atoms with E-state index in [4.69, 9.17) is 16.3 Å². The molecule has 0 saturated carbocycles. The second-order valence-corrected chi connectivity index (χ2v) is 3.48. The first-order chi connectivity index (χ1) is 7.75. The van der Waals surface area contributed by atoms with Crippen LogP contribution in [0.4, 0.5) is 0 Å². The minimum Gasteiger partial charge on any atom is -0.467 e. The lowest BCUT2D eigenvalue weighted by molar-refractivity contribution is 0.210. The standard InChI is InChI=1S/C10H9ClN4O/c1-7(8-3-2-4-13-15-8)16-10-6-12-5-9(11)14-10/h2-7H,1H3. The van der Waals surface area contributed by atoms with Crippen LogP contribution in [0.15, 0.2) is 30.7 Å². The normalized spacial score (nSPS) is 12.1. The number of hydrogen-bond donors (Lipinski definition) is 0. The van der Waals surface area contributed by atoms with E-state index in [1.807, 2.05) is 13.0 Å². The molecular formula is C10H9ClN4O. The molecule has 0 aromatic carbocycles. The molecule has 2 rings (SSSR count). The van der Waals surface area contributed by atoms with Gasteiger partial charge < -0.3 is 4.74 Å². The molecule has 0 N–H and O–H groups in total. The highest BCUT2D eigenvalue weighted by Crippen LogP contribution is 2.17. The van der Waals surface area contributed by atoms with Crippen LogP contribution < -0.4 is 4.74 Å². The lowest BCUT2D eigenvalue weighted by atomic mass is 10.3. The molecule has 0 aliphatic heterocycles. The average Bonchev–Trinajstić information content (AvgIpc) is 2.30. The molecule has 16 heavy (non-hydrogen) atoms. The summed E-state index contributed by atoms with van der Waals surface area (Å²) in [6.07, 6.45) is 4.30. The summed E-state index contributed by atoms with van der Waals surface area (Å²) in [5.74, 6) is 0.366. The quantitative estimate of drug-likeness (QED) is 0.816. The van der Waals surface area contributed by atoms with Crippen LogP contribution in [0.1, 0.15) is 18.7 Å². The predicted molar refractivity (Wildman–Crippen MR) is 58.1 cm³/mol. The maximum atomic E-state index is 5.69. The molecular weight excluding hydrogens is 228 g/mol. The van der Waals surface area contributed by atoms with E-state index in [-0.39, 0.29) is 6.10 Å². The van der Waals surface area contributed by atoms with Gasteiger partial charge in [-0.25, -0.2) is 0 Å². The zero-order valence-electron chi connectivity index (χ0n) is 8.54. The van der Waals surface area contributed by atoms with Crippen molar-refractivity contribution in [3.8, 4) is 5.88 Å². The van der Waals surface area contributed by atoms with Crippen molar-refractivity contribution in [3.05, 3.63) is 41.6 Å². The number of halogens is 1. The largest absolute Gasteiger partial charge is 0.467 e. The summed E-state index contributed by atoms with van der Waals surface area (Å²) in [6.45, 7) is 1.85. The third-order valence-corrected chi connectivity index (χ3v) is 2.07. The summed E-state index contributed by atoms with van der Waals surface area (Å²) in [5.41, 5.74) is 0.726. The van der Waals surface area contributed by atoms with E-state index in [1.54, 1.807) is 12.3 Å². The average molecular weight is 237 g/mol. The number of ether oxygens (including phenoxy) is 1. The molecule has 0 saturated heterocycles. The van der Waals surface area contributed by atoms with Gasteiger partial charge in [-0.1, -0.05) is 11.6 Å². The number of rotatable bonds is 3. The lowest BCUT2D eigenvalue weighted by Gasteiger charge is -2.11. The Morgan fingerprint density at radius 3 is 2.94 bits per heavy atom. The second-order valence-electron chi connectivity index (χ2n) is 3.09. The molecule has 1 atom stereocenters. The lowest BCUT2D eigenvalue weighted by Crippen LogP contribution is -2.07. The molecule has 2 aromatic heterocycles. The van der Waals surface area contributed by atoms with E-state index in [0.717, 1.165) is 5.69 Å². The van der Waals surface area contributed by atoms with Gasteiger partial charge in [0, 0.05) is 6.20 Å². The molecule has 0 aliphatic rings. The van der Waals surface area contributed by atoms with Crippen molar-refractivity contribution in [2.75, 3.05) is 0 Å². The fourth-order valence-electron chi connectivity index (χ4n) is 1.15. The number of nitrogens with zero attached hydrogens (tertiary/aromatic N) is 4. The van der Waals surface area contributed by atoms with Crippen molar-refractivity contribution in [1.29, 1.82) is 0 Å². The van der Waals surface area contributed by atoms with Crippen LogP contribution in [0, 0.1) is 0 Å². The van der Waals surface area contributed by atoms with Crippen LogP contribution in [-0.4, -0.2) is 20.2 Å². The van der Waals surface area contributed by atoms with Gasteiger partial charge in [-0.05, 0) is 19.1 Å². The third-order valence-electron chi connectivity index (χ3n) is 1.89. The van der Waals surface area contributed by atoms with E-state index in [1.165, 1.54) is 12.4 Å². The highest BCUT2D eigenvalue weighted by molar-refractivity contribution is 6.29. The van der Waals surface area contributed by atoms with Gasteiger partial charge in [0.05, 0.1) is 12.4 Å². The summed E-state index contributed by atoms with van der Waals surface area (Å²) in [7, 11) is 0. The first-order valence-corrected chi connectivity index (χ1v) is 5.05. The molecule has 2 aromatic rings. The Morgan fingerprint density at radius 2 is 2.25 bits per heavy atom. The fraction of sp³-hybridized carbons (Fsp3) is 0.200. The predicted octanol–water partition coefficient (Wildman–Crippen LogP) is 2.06. The molecule has 0 radical (unpaired) electrons. The van der Waals surface area contributed by atoms with Crippen LogP contribution in [0.5, 0.6) is 5.88 Å². The zero-order chi connectivity index (χ0) is 11.4. The Kier molecular flexibility index (Phi) is 3.26. The molecule has 5 nitrogen and oxygen atoms in total. The highest BCUT2D eigenvalue weighted by atomic mass is 35.5. The SMILES string of the molecule is CC(Oc1cncc(Cl)n1)c1cccnn1. The minimum absolute atomic E-state index is 0.249. The summed E-state index contributed by atoms with van der Waals surface area (Å²) < 4.78 is 5.52. The summed E-state index contributed by atoms with van der Waals surface area (Å²) in [5, 5.41) is 8.01. The van der Waals surface area contributed by atoms with Gasteiger partial charge in [0.2, 0.25) is 5.88 Å². The Hall–Kier alpha value is -1.75. The molecule has 0 fully saturated rings. The molecule has 2 heterocycles. The first kappa shape index (κ1) is 10.8. The summed E-state index contributed by atoms with van der Waals surface area (Å²) >= 11 is 5.69. The van der Waals surface area contributed by atoms with Gasteiger partial charge in [0.15, 0.2) is 5.15 Å². The van der Waals surface area contributed by atoms with E-state index in [0.29, 0.717) is 11.0 Å². The van der Waals surface area contributed by atoms with E-state index < -0.39 is 0 Å². The maximum absolute atomic E-state index is 5.69. The Labute approximate surface area is 97.5 Å². The monoisotopic (exact) mass is 236 g/mol. The third kappa shape index (κ3) is 2.64. The first-order valence-electron chi connectivity index (χ1n) is 4.67. The molecule has 0 amide bonds. The molecule has 0 aliphatic carbocycles. The van der Waals surface area contributed by atoms with Crippen molar-refractivity contribution >= 4 is 11.6 Å². The van der Waals surface area contributed by atoms with Crippen molar-refractivity contribution in [2.45, 2.75) is 13.0 Å². The van der Waals surface area contributed by atoms with Crippen LogP contribution >= 0.6 is 11.6 Å². The van der Waals surface area contributed by atoms with Gasteiger partial charge in [0.25, 0.3) is 0 Å². The van der Waals surface area contributed by atoms with Gasteiger partial charge in [0.1, 0.15) is 11.8 Å². The van der Waals surface area contributed by atoms with E-state index in [9.17, 15) is 0 Å². The Balaban J connectivity index is 2.11. The molecule has 0 bridgehead atoms. The molecule has 1 unspecified atom stereocenters. The smallest absolute Gasteiger partial charge is 0.234 e. The maximum Gasteiger partial charge on any atom is 0.234 e. The van der Waals surface area contributed by atoms with Gasteiger partial charge in [-0.15, -0.1) is 0 Å².